The summed E-state index contributed by atoms with van der Waals surface area (Å²) in [6.07, 6.45) is 1.98. The molecular formula is C16H18N2O3S. The predicted octanol–water partition coefficient (Wildman–Crippen LogP) is 3.20. The van der Waals surface area contributed by atoms with Gasteiger partial charge in [-0.05, 0) is 31.0 Å². The quantitative estimate of drug-likeness (QED) is 0.849. The third-order valence-electron chi connectivity index (χ3n) is 3.72. The Morgan fingerprint density at radius 2 is 2.09 bits per heavy atom. The summed E-state index contributed by atoms with van der Waals surface area (Å²) in [5.41, 5.74) is 1.64. The molecular weight excluding hydrogens is 300 g/mol. The van der Waals surface area contributed by atoms with E-state index in [1.165, 1.54) is 11.3 Å². The molecule has 6 heteroatoms. The van der Waals surface area contributed by atoms with Crippen molar-refractivity contribution >= 4 is 22.4 Å². The fourth-order valence-corrected chi connectivity index (χ4v) is 3.05. The smallest absolute Gasteiger partial charge is 0.231 e. The fourth-order valence-electron chi connectivity index (χ4n) is 2.25. The van der Waals surface area contributed by atoms with Gasteiger partial charge in [-0.15, -0.1) is 11.3 Å². The number of hydrogen-bond donors (Lipinski definition) is 0. The number of ether oxygens (including phenoxy) is 2. The lowest BCUT2D eigenvalue weighted by molar-refractivity contribution is -0.119. The van der Waals surface area contributed by atoms with Crippen molar-refractivity contribution in [2.24, 2.45) is 5.92 Å². The molecule has 0 N–H and O–H groups in total. The van der Waals surface area contributed by atoms with Gasteiger partial charge in [-0.25, -0.2) is 4.98 Å². The molecule has 0 aliphatic heterocycles. The molecule has 1 heterocycles. The van der Waals surface area contributed by atoms with Gasteiger partial charge in [0.15, 0.2) is 5.13 Å². The highest BCUT2D eigenvalue weighted by atomic mass is 32.1. The van der Waals surface area contributed by atoms with Gasteiger partial charge in [0.05, 0.1) is 19.9 Å². The largest absolute Gasteiger partial charge is 0.497 e. The maximum Gasteiger partial charge on any atom is 0.231 e. The summed E-state index contributed by atoms with van der Waals surface area (Å²) in [7, 11) is 5.04. The van der Waals surface area contributed by atoms with E-state index in [4.69, 9.17) is 9.47 Å². The van der Waals surface area contributed by atoms with Crippen LogP contribution in [0.2, 0.25) is 0 Å². The molecule has 0 saturated heterocycles. The number of thiazole rings is 1. The highest BCUT2D eigenvalue weighted by molar-refractivity contribution is 7.14. The predicted molar refractivity (Wildman–Crippen MR) is 86.8 cm³/mol. The van der Waals surface area contributed by atoms with Crippen molar-refractivity contribution in [2.45, 2.75) is 12.8 Å². The zero-order valence-corrected chi connectivity index (χ0v) is 13.6. The zero-order valence-electron chi connectivity index (χ0n) is 12.8. The molecule has 0 atom stereocenters. The average molecular weight is 318 g/mol. The van der Waals surface area contributed by atoms with Gasteiger partial charge in [-0.3, -0.25) is 9.69 Å². The van der Waals surface area contributed by atoms with Crippen molar-refractivity contribution in [1.29, 1.82) is 0 Å². The van der Waals surface area contributed by atoms with Crippen LogP contribution in [0, 0.1) is 5.92 Å². The van der Waals surface area contributed by atoms with Crippen LogP contribution in [-0.2, 0) is 4.79 Å². The van der Waals surface area contributed by atoms with Crippen LogP contribution in [0.15, 0.2) is 23.6 Å². The first-order valence-electron chi connectivity index (χ1n) is 7.09. The van der Waals surface area contributed by atoms with Gasteiger partial charge in [0.2, 0.25) is 5.91 Å². The molecule has 3 rings (SSSR count). The van der Waals surface area contributed by atoms with Crippen molar-refractivity contribution in [3.05, 3.63) is 23.6 Å². The molecule has 1 aliphatic carbocycles. The Hall–Kier alpha value is -2.08. The molecule has 22 heavy (non-hydrogen) atoms. The van der Waals surface area contributed by atoms with E-state index in [0.717, 1.165) is 35.6 Å². The summed E-state index contributed by atoms with van der Waals surface area (Å²) in [5, 5.41) is 2.64. The molecule has 1 saturated carbocycles. The first kappa shape index (κ1) is 14.8. The number of nitrogens with zero attached hydrogens (tertiary/aromatic N) is 2. The Morgan fingerprint density at radius 1 is 1.32 bits per heavy atom. The number of carbonyl (C=O) groups is 1. The van der Waals surface area contributed by atoms with Crippen molar-refractivity contribution in [3.8, 4) is 22.8 Å². The van der Waals surface area contributed by atoms with E-state index in [9.17, 15) is 4.79 Å². The van der Waals surface area contributed by atoms with Crippen LogP contribution in [0.25, 0.3) is 11.3 Å². The Balaban J connectivity index is 1.91. The second-order valence-corrected chi connectivity index (χ2v) is 6.09. The Labute approximate surface area is 133 Å². The molecule has 0 bridgehead atoms. The average Bonchev–Trinajstić information content (AvgIpc) is 3.29. The van der Waals surface area contributed by atoms with E-state index >= 15 is 0 Å². The number of carbonyl (C=O) groups excluding carboxylic acids is 1. The molecule has 116 valence electrons. The molecule has 0 unspecified atom stereocenters. The summed E-state index contributed by atoms with van der Waals surface area (Å²) < 4.78 is 10.7. The van der Waals surface area contributed by atoms with E-state index in [1.807, 2.05) is 23.6 Å². The maximum atomic E-state index is 12.1. The van der Waals surface area contributed by atoms with Crippen LogP contribution < -0.4 is 14.4 Å². The monoisotopic (exact) mass is 318 g/mol. The number of amides is 1. The molecule has 1 aromatic heterocycles. The van der Waals surface area contributed by atoms with Crippen LogP contribution in [0.5, 0.6) is 11.5 Å². The van der Waals surface area contributed by atoms with E-state index in [2.05, 4.69) is 4.98 Å². The minimum Gasteiger partial charge on any atom is -0.497 e. The summed E-state index contributed by atoms with van der Waals surface area (Å²) in [6, 6.07) is 5.59. The second-order valence-electron chi connectivity index (χ2n) is 5.25. The van der Waals surface area contributed by atoms with Gasteiger partial charge < -0.3 is 9.47 Å². The minimum absolute atomic E-state index is 0.151. The normalized spacial score (nSPS) is 13.8. The van der Waals surface area contributed by atoms with Gasteiger partial charge in [-0.1, -0.05) is 0 Å². The highest BCUT2D eigenvalue weighted by Crippen LogP contribution is 2.37. The molecule has 1 aromatic carbocycles. The summed E-state index contributed by atoms with van der Waals surface area (Å²) >= 11 is 1.46. The maximum absolute atomic E-state index is 12.1. The zero-order chi connectivity index (χ0) is 15.7. The summed E-state index contributed by atoms with van der Waals surface area (Å²) in [5.74, 6) is 1.81. The number of rotatable bonds is 5. The molecule has 1 fully saturated rings. The van der Waals surface area contributed by atoms with Crippen LogP contribution in [0.3, 0.4) is 0 Å². The van der Waals surface area contributed by atoms with Gasteiger partial charge in [-0.2, -0.15) is 0 Å². The first-order chi connectivity index (χ1) is 10.6. The van der Waals surface area contributed by atoms with Crippen molar-refractivity contribution in [3.63, 3.8) is 0 Å². The minimum atomic E-state index is 0.151. The third-order valence-corrected chi connectivity index (χ3v) is 4.64. The lowest BCUT2D eigenvalue weighted by atomic mass is 10.1. The highest BCUT2D eigenvalue weighted by Gasteiger charge is 2.33. The molecule has 1 aliphatic rings. The van der Waals surface area contributed by atoms with E-state index in [-0.39, 0.29) is 11.8 Å². The Kier molecular flexibility index (Phi) is 4.02. The molecule has 5 nitrogen and oxygen atoms in total. The van der Waals surface area contributed by atoms with Crippen LogP contribution in [0.1, 0.15) is 12.8 Å². The molecule has 0 radical (unpaired) electrons. The molecule has 2 aromatic rings. The van der Waals surface area contributed by atoms with Crippen LogP contribution >= 0.6 is 11.3 Å². The van der Waals surface area contributed by atoms with Gasteiger partial charge in [0.25, 0.3) is 0 Å². The Bertz CT molecular complexity index is 694. The molecule has 1 amide bonds. The molecule has 0 spiro atoms. The van der Waals surface area contributed by atoms with Crippen molar-refractivity contribution < 1.29 is 14.3 Å². The first-order valence-corrected chi connectivity index (χ1v) is 7.97. The van der Waals surface area contributed by atoms with Crippen LogP contribution in [-0.4, -0.2) is 32.2 Å². The summed E-state index contributed by atoms with van der Waals surface area (Å²) in [4.78, 5) is 18.4. The Morgan fingerprint density at radius 3 is 2.73 bits per heavy atom. The number of anilines is 1. The summed E-state index contributed by atoms with van der Waals surface area (Å²) in [6.45, 7) is 0. The van der Waals surface area contributed by atoms with Crippen LogP contribution in [0.4, 0.5) is 5.13 Å². The number of aromatic nitrogens is 1. The van der Waals surface area contributed by atoms with Gasteiger partial charge >= 0.3 is 0 Å². The van der Waals surface area contributed by atoms with Gasteiger partial charge in [0, 0.05) is 23.9 Å². The number of hydrogen-bond acceptors (Lipinski definition) is 5. The number of benzene rings is 1. The standard InChI is InChI=1S/C16H18N2O3S/c1-18(15(19)10-4-5-10)16-17-13(9-22-16)12-8-11(20-2)6-7-14(12)21-3/h6-10H,4-5H2,1-3H3. The van der Waals surface area contributed by atoms with Gasteiger partial charge in [0.1, 0.15) is 11.5 Å². The van der Waals surface area contributed by atoms with Crippen molar-refractivity contribution in [1.82, 2.24) is 4.98 Å². The number of methoxy groups -OCH3 is 2. The van der Waals surface area contributed by atoms with E-state index in [0.29, 0.717) is 5.13 Å². The lowest BCUT2D eigenvalue weighted by Gasteiger charge is -2.13. The van der Waals surface area contributed by atoms with E-state index in [1.54, 1.807) is 26.2 Å². The topological polar surface area (TPSA) is 51.7 Å². The van der Waals surface area contributed by atoms with E-state index < -0.39 is 0 Å². The van der Waals surface area contributed by atoms with Crippen molar-refractivity contribution in [2.75, 3.05) is 26.2 Å². The SMILES string of the molecule is COc1ccc(OC)c(-c2csc(N(C)C(=O)C3CC3)n2)c1. The second kappa shape index (κ2) is 5.96. The fraction of sp³-hybridized carbons (Fsp3) is 0.375. The lowest BCUT2D eigenvalue weighted by Crippen LogP contribution is -2.27. The third kappa shape index (κ3) is 2.78.